The number of aromatic hydroxyl groups is 5. The molecule has 0 bridgehead atoms. The van der Waals surface area contributed by atoms with Crippen LogP contribution in [-0.4, -0.2) is 34.7 Å². The SMILES string of the molecule is Cn1ccc2c(-c3c(O)c(O)c(O)c4c3ccn4C)c(O)c(O)cc21. The van der Waals surface area contributed by atoms with Crippen LogP contribution < -0.4 is 0 Å². The Hall–Kier alpha value is -3.48. The number of rotatable bonds is 1. The molecule has 7 heteroatoms. The zero-order valence-corrected chi connectivity index (χ0v) is 13.5. The average Bonchev–Trinajstić information content (AvgIpc) is 3.12. The first-order valence-electron chi connectivity index (χ1n) is 7.55. The lowest BCUT2D eigenvalue weighted by Crippen LogP contribution is -1.91. The van der Waals surface area contributed by atoms with Gasteiger partial charge in [0.25, 0.3) is 0 Å². The van der Waals surface area contributed by atoms with E-state index in [4.69, 9.17) is 0 Å². The molecule has 2 aromatic heterocycles. The number of hydrogen-bond acceptors (Lipinski definition) is 5. The maximum Gasteiger partial charge on any atom is 0.203 e. The molecular formula is C18H16N2O5. The van der Waals surface area contributed by atoms with Crippen molar-refractivity contribution in [3.8, 4) is 39.9 Å². The number of nitrogens with zero attached hydrogens (tertiary/aromatic N) is 2. The van der Waals surface area contributed by atoms with Crippen LogP contribution in [-0.2, 0) is 14.1 Å². The van der Waals surface area contributed by atoms with Gasteiger partial charge in [0.15, 0.2) is 23.0 Å². The summed E-state index contributed by atoms with van der Waals surface area (Å²) in [6, 6.07) is 4.82. The summed E-state index contributed by atoms with van der Waals surface area (Å²) < 4.78 is 3.35. The Balaban J connectivity index is 2.28. The predicted octanol–water partition coefficient (Wildman–Crippen LogP) is 2.87. The van der Waals surface area contributed by atoms with Gasteiger partial charge in [0.1, 0.15) is 0 Å². The normalized spacial score (nSPS) is 11.6. The summed E-state index contributed by atoms with van der Waals surface area (Å²) in [6.45, 7) is 0. The Kier molecular flexibility index (Phi) is 2.87. The lowest BCUT2D eigenvalue weighted by atomic mass is 9.95. The van der Waals surface area contributed by atoms with E-state index in [-0.39, 0.29) is 16.9 Å². The van der Waals surface area contributed by atoms with E-state index >= 15 is 0 Å². The number of phenols is 5. The minimum absolute atomic E-state index is 0.135. The minimum Gasteiger partial charge on any atom is -0.504 e. The number of fused-ring (bicyclic) bond motifs is 2. The van der Waals surface area contributed by atoms with Crippen LogP contribution in [0, 0.1) is 0 Å². The van der Waals surface area contributed by atoms with E-state index in [9.17, 15) is 25.5 Å². The molecule has 0 amide bonds. The summed E-state index contributed by atoms with van der Waals surface area (Å²) in [6.07, 6.45) is 3.42. The summed E-state index contributed by atoms with van der Waals surface area (Å²) in [5.41, 5.74) is 1.26. The highest BCUT2D eigenvalue weighted by Gasteiger charge is 2.26. The zero-order valence-electron chi connectivity index (χ0n) is 13.5. The molecule has 0 aliphatic rings. The highest BCUT2D eigenvalue weighted by atomic mass is 16.3. The zero-order chi connectivity index (χ0) is 18.0. The molecule has 0 saturated carbocycles. The van der Waals surface area contributed by atoms with Crippen molar-refractivity contribution in [1.82, 2.24) is 9.13 Å². The highest BCUT2D eigenvalue weighted by Crippen LogP contribution is 2.54. The van der Waals surface area contributed by atoms with Crippen LogP contribution >= 0.6 is 0 Å². The van der Waals surface area contributed by atoms with Crippen LogP contribution in [0.4, 0.5) is 0 Å². The van der Waals surface area contributed by atoms with Gasteiger partial charge in [0, 0.05) is 54.5 Å². The molecule has 0 unspecified atom stereocenters. The van der Waals surface area contributed by atoms with Crippen molar-refractivity contribution < 1.29 is 25.5 Å². The topological polar surface area (TPSA) is 111 Å². The molecule has 0 atom stereocenters. The van der Waals surface area contributed by atoms with E-state index in [1.807, 2.05) is 0 Å². The summed E-state index contributed by atoms with van der Waals surface area (Å²) in [5.74, 6) is -2.46. The molecule has 0 radical (unpaired) electrons. The van der Waals surface area contributed by atoms with Gasteiger partial charge in [-0.05, 0) is 12.1 Å². The quantitative estimate of drug-likeness (QED) is 0.342. The molecule has 0 fully saturated rings. The first-order chi connectivity index (χ1) is 11.8. The van der Waals surface area contributed by atoms with E-state index in [2.05, 4.69) is 0 Å². The predicted molar refractivity (Wildman–Crippen MR) is 93.2 cm³/mol. The van der Waals surface area contributed by atoms with Crippen LogP contribution in [0.3, 0.4) is 0 Å². The van der Waals surface area contributed by atoms with Crippen LogP contribution in [0.1, 0.15) is 0 Å². The minimum atomic E-state index is -0.684. The molecule has 2 heterocycles. The van der Waals surface area contributed by atoms with Crippen molar-refractivity contribution in [2.45, 2.75) is 0 Å². The molecule has 0 saturated heterocycles. The lowest BCUT2D eigenvalue weighted by molar-refractivity contribution is 0.371. The van der Waals surface area contributed by atoms with Crippen LogP contribution in [0.2, 0.25) is 0 Å². The molecule has 7 nitrogen and oxygen atoms in total. The third-order valence-corrected chi connectivity index (χ3v) is 4.64. The molecule has 5 N–H and O–H groups in total. The number of phenolic OH excluding ortho intramolecular Hbond substituents is 5. The second-order valence-corrected chi connectivity index (χ2v) is 6.09. The van der Waals surface area contributed by atoms with Gasteiger partial charge in [-0.3, -0.25) is 0 Å². The number of aryl methyl sites for hydroxylation is 2. The standard InChI is InChI=1S/C18H16N2O5/c1-19-5-3-8-10(19)7-11(21)15(22)12(8)13-9-4-6-20(2)14(9)17(24)18(25)16(13)23/h3-7,21-25H,1-2H3. The fraction of sp³-hybridized carbons (Fsp3) is 0.111. The van der Waals surface area contributed by atoms with E-state index < -0.39 is 23.0 Å². The molecule has 0 aliphatic carbocycles. The molecule has 4 aromatic rings. The van der Waals surface area contributed by atoms with E-state index in [0.29, 0.717) is 21.8 Å². The van der Waals surface area contributed by atoms with E-state index in [0.717, 1.165) is 0 Å². The Labute approximate surface area is 141 Å². The Morgan fingerprint density at radius 1 is 0.680 bits per heavy atom. The summed E-state index contributed by atoms with van der Waals surface area (Å²) in [5, 5.41) is 52.5. The molecule has 2 aromatic carbocycles. The van der Waals surface area contributed by atoms with Gasteiger partial charge in [-0.1, -0.05) is 0 Å². The van der Waals surface area contributed by atoms with Crippen molar-refractivity contribution in [3.63, 3.8) is 0 Å². The lowest BCUT2D eigenvalue weighted by Gasteiger charge is -2.15. The number of benzene rings is 2. The van der Waals surface area contributed by atoms with Crippen LogP contribution in [0.5, 0.6) is 28.7 Å². The van der Waals surface area contributed by atoms with Gasteiger partial charge in [-0.15, -0.1) is 0 Å². The van der Waals surface area contributed by atoms with Gasteiger partial charge >= 0.3 is 0 Å². The van der Waals surface area contributed by atoms with Crippen molar-refractivity contribution in [1.29, 1.82) is 0 Å². The van der Waals surface area contributed by atoms with Gasteiger partial charge in [-0.2, -0.15) is 0 Å². The third-order valence-electron chi connectivity index (χ3n) is 4.64. The average molecular weight is 340 g/mol. The van der Waals surface area contributed by atoms with Gasteiger partial charge in [0.05, 0.1) is 11.0 Å². The second kappa shape index (κ2) is 4.76. The van der Waals surface area contributed by atoms with Crippen LogP contribution in [0.25, 0.3) is 32.9 Å². The molecule has 0 aliphatic heterocycles. The molecule has 0 spiro atoms. The smallest absolute Gasteiger partial charge is 0.203 e. The summed E-state index contributed by atoms with van der Waals surface area (Å²) in [4.78, 5) is 0. The van der Waals surface area contributed by atoms with Gasteiger partial charge < -0.3 is 34.7 Å². The fourth-order valence-corrected chi connectivity index (χ4v) is 3.39. The van der Waals surface area contributed by atoms with Crippen molar-refractivity contribution in [3.05, 3.63) is 30.6 Å². The monoisotopic (exact) mass is 340 g/mol. The molecular weight excluding hydrogens is 324 g/mol. The van der Waals surface area contributed by atoms with Crippen molar-refractivity contribution in [2.75, 3.05) is 0 Å². The highest BCUT2D eigenvalue weighted by molar-refractivity contribution is 6.12. The van der Waals surface area contributed by atoms with Crippen molar-refractivity contribution in [2.24, 2.45) is 14.1 Å². The van der Waals surface area contributed by atoms with Gasteiger partial charge in [-0.25, -0.2) is 0 Å². The van der Waals surface area contributed by atoms with Crippen molar-refractivity contribution >= 4 is 21.8 Å². The maximum atomic E-state index is 10.5. The second-order valence-electron chi connectivity index (χ2n) is 6.09. The first kappa shape index (κ1) is 15.1. The largest absolute Gasteiger partial charge is 0.504 e. The molecule has 4 rings (SSSR count). The summed E-state index contributed by atoms with van der Waals surface area (Å²) in [7, 11) is 3.47. The fourth-order valence-electron chi connectivity index (χ4n) is 3.39. The molecule has 25 heavy (non-hydrogen) atoms. The van der Waals surface area contributed by atoms with Crippen LogP contribution in [0.15, 0.2) is 30.6 Å². The Bertz CT molecular complexity index is 1170. The maximum absolute atomic E-state index is 10.5. The molecule has 128 valence electrons. The van der Waals surface area contributed by atoms with E-state index in [1.165, 1.54) is 6.07 Å². The number of hydrogen-bond donors (Lipinski definition) is 5. The van der Waals surface area contributed by atoms with E-state index in [1.54, 1.807) is 47.8 Å². The summed E-state index contributed by atoms with van der Waals surface area (Å²) >= 11 is 0. The Morgan fingerprint density at radius 3 is 2.00 bits per heavy atom. The third kappa shape index (κ3) is 1.80. The first-order valence-corrected chi connectivity index (χ1v) is 7.55. The Morgan fingerprint density at radius 2 is 1.28 bits per heavy atom. The number of aromatic nitrogens is 2. The van der Waals surface area contributed by atoms with Gasteiger partial charge in [0.2, 0.25) is 5.75 Å².